The minimum atomic E-state index is -0.935. The van der Waals surface area contributed by atoms with Crippen LogP contribution in [0.4, 0.5) is 0 Å². The zero-order valence-electron chi connectivity index (χ0n) is 6.86. The Morgan fingerprint density at radius 1 is 1.46 bits per heavy atom. The molecular weight excluding hydrogens is 168 g/mol. The van der Waals surface area contributed by atoms with Gasteiger partial charge in [-0.15, -0.1) is 0 Å². The van der Waals surface area contributed by atoms with Gasteiger partial charge in [0.15, 0.2) is 0 Å². The van der Waals surface area contributed by atoms with Crippen LogP contribution in [0.1, 0.15) is 5.56 Å². The van der Waals surface area contributed by atoms with Crippen LogP contribution in [0.15, 0.2) is 30.3 Å². The molecule has 1 aromatic rings. The maximum absolute atomic E-state index is 10.4. The Hall–Kier alpha value is -1.77. The van der Waals surface area contributed by atoms with Crippen molar-refractivity contribution < 1.29 is 14.6 Å². The highest BCUT2D eigenvalue weighted by molar-refractivity contribution is 5.92. The van der Waals surface area contributed by atoms with Gasteiger partial charge in [-0.2, -0.15) is 0 Å². The Labute approximate surface area is 75.3 Å². The van der Waals surface area contributed by atoms with E-state index in [1.807, 2.05) is 24.3 Å². The van der Waals surface area contributed by atoms with E-state index in [1.54, 1.807) is 0 Å². The van der Waals surface area contributed by atoms with Crippen molar-refractivity contribution in [3.8, 4) is 5.75 Å². The van der Waals surface area contributed by atoms with Crippen molar-refractivity contribution in [1.29, 1.82) is 0 Å². The predicted molar refractivity (Wildman–Crippen MR) is 47.5 cm³/mol. The number of carbonyl (C=O) groups is 1. The van der Waals surface area contributed by atoms with Crippen molar-refractivity contribution in [3.63, 3.8) is 0 Å². The molecule has 0 amide bonds. The van der Waals surface area contributed by atoms with Gasteiger partial charge in [-0.1, -0.05) is 18.2 Å². The fourth-order valence-electron chi connectivity index (χ4n) is 1.36. The fourth-order valence-corrected chi connectivity index (χ4v) is 1.36. The monoisotopic (exact) mass is 176 g/mol. The lowest BCUT2D eigenvalue weighted by Gasteiger charge is -1.94. The van der Waals surface area contributed by atoms with Gasteiger partial charge >= 0.3 is 5.97 Å². The van der Waals surface area contributed by atoms with Crippen molar-refractivity contribution in [2.24, 2.45) is 0 Å². The molecule has 3 heteroatoms. The van der Waals surface area contributed by atoms with Crippen LogP contribution in [-0.4, -0.2) is 17.7 Å². The van der Waals surface area contributed by atoms with Crippen LogP contribution >= 0.6 is 0 Å². The minimum Gasteiger partial charge on any atom is -0.488 e. The minimum absolute atomic E-state index is 0.353. The number of carboxylic acids is 1. The first-order valence-corrected chi connectivity index (χ1v) is 3.93. The van der Waals surface area contributed by atoms with Crippen LogP contribution in [0.5, 0.6) is 5.75 Å². The van der Waals surface area contributed by atoms with Crippen molar-refractivity contribution in [3.05, 3.63) is 35.9 Å². The van der Waals surface area contributed by atoms with Crippen molar-refractivity contribution in [1.82, 2.24) is 0 Å². The molecule has 1 aliphatic rings. The van der Waals surface area contributed by atoms with Crippen molar-refractivity contribution in [2.45, 2.75) is 0 Å². The zero-order chi connectivity index (χ0) is 9.26. The molecule has 0 saturated carbocycles. The van der Waals surface area contributed by atoms with Crippen LogP contribution < -0.4 is 4.74 Å². The van der Waals surface area contributed by atoms with Gasteiger partial charge in [-0.05, 0) is 6.07 Å². The highest BCUT2D eigenvalue weighted by Crippen LogP contribution is 2.32. The van der Waals surface area contributed by atoms with E-state index < -0.39 is 5.97 Å². The van der Waals surface area contributed by atoms with Crippen LogP contribution in [0, 0.1) is 0 Å². The molecule has 1 heterocycles. The van der Waals surface area contributed by atoms with E-state index in [0.717, 1.165) is 16.9 Å². The molecule has 1 aliphatic heterocycles. The third-order valence-corrected chi connectivity index (χ3v) is 1.91. The first kappa shape index (κ1) is 7.86. The van der Waals surface area contributed by atoms with E-state index in [-0.39, 0.29) is 0 Å². The summed E-state index contributed by atoms with van der Waals surface area (Å²) in [5.41, 5.74) is 1.60. The molecular formula is C10H8O3. The zero-order valence-corrected chi connectivity index (χ0v) is 6.86. The quantitative estimate of drug-likeness (QED) is 0.660. The number of benzene rings is 1. The van der Waals surface area contributed by atoms with E-state index in [9.17, 15) is 4.79 Å². The largest absolute Gasteiger partial charge is 0.488 e. The third-order valence-electron chi connectivity index (χ3n) is 1.91. The number of hydrogen-bond acceptors (Lipinski definition) is 2. The number of rotatable bonds is 1. The summed E-state index contributed by atoms with van der Waals surface area (Å²) in [6, 6.07) is 7.42. The Bertz CT molecular complexity index is 380. The average molecular weight is 176 g/mol. The second kappa shape index (κ2) is 2.94. The van der Waals surface area contributed by atoms with Crippen LogP contribution in [0.25, 0.3) is 5.57 Å². The number of fused-ring (bicyclic) bond motifs is 1. The Morgan fingerprint density at radius 3 is 3.00 bits per heavy atom. The number of carboxylic acid groups (broad SMARTS) is 1. The lowest BCUT2D eigenvalue weighted by Crippen LogP contribution is -1.93. The van der Waals surface area contributed by atoms with Gasteiger partial charge in [0.1, 0.15) is 12.4 Å². The molecule has 0 fully saturated rings. The summed E-state index contributed by atoms with van der Waals surface area (Å²) in [4.78, 5) is 10.4. The first-order chi connectivity index (χ1) is 6.27. The van der Waals surface area contributed by atoms with Crippen LogP contribution in [0.2, 0.25) is 0 Å². The van der Waals surface area contributed by atoms with Gasteiger partial charge in [-0.25, -0.2) is 4.79 Å². The summed E-state index contributed by atoms with van der Waals surface area (Å²) < 4.78 is 5.28. The average Bonchev–Trinajstić information content (AvgIpc) is 2.48. The topological polar surface area (TPSA) is 46.5 Å². The van der Waals surface area contributed by atoms with E-state index >= 15 is 0 Å². The van der Waals surface area contributed by atoms with E-state index in [0.29, 0.717) is 6.61 Å². The number of ether oxygens (including phenoxy) is 1. The molecule has 0 radical (unpaired) electrons. The smallest absolute Gasteiger partial charge is 0.328 e. The molecule has 0 unspecified atom stereocenters. The molecule has 13 heavy (non-hydrogen) atoms. The van der Waals surface area contributed by atoms with E-state index in [1.165, 1.54) is 6.08 Å². The molecule has 1 N–H and O–H groups in total. The summed E-state index contributed by atoms with van der Waals surface area (Å²) in [6.45, 7) is 0.353. The summed E-state index contributed by atoms with van der Waals surface area (Å²) >= 11 is 0. The maximum atomic E-state index is 10.4. The lowest BCUT2D eigenvalue weighted by molar-refractivity contribution is -0.131. The van der Waals surface area contributed by atoms with Gasteiger partial charge in [0.05, 0.1) is 0 Å². The standard InChI is InChI=1S/C10H8O3/c11-10(12)5-7-6-13-9-4-2-1-3-8(7)9/h1-5H,6H2,(H,11,12). The van der Waals surface area contributed by atoms with Gasteiger partial charge < -0.3 is 9.84 Å². The maximum Gasteiger partial charge on any atom is 0.328 e. The number of para-hydroxylation sites is 1. The fraction of sp³-hybridized carbons (Fsp3) is 0.100. The highest BCUT2D eigenvalue weighted by atomic mass is 16.5. The first-order valence-electron chi connectivity index (χ1n) is 3.93. The second-order valence-corrected chi connectivity index (χ2v) is 2.79. The highest BCUT2D eigenvalue weighted by Gasteiger charge is 2.17. The summed E-state index contributed by atoms with van der Waals surface area (Å²) in [5, 5.41) is 8.57. The van der Waals surface area contributed by atoms with Gasteiger partial charge in [0.2, 0.25) is 0 Å². The number of aliphatic carboxylic acids is 1. The summed E-state index contributed by atoms with van der Waals surface area (Å²) in [5.74, 6) is -0.176. The lowest BCUT2D eigenvalue weighted by atomic mass is 10.1. The third kappa shape index (κ3) is 1.40. The molecule has 0 aromatic heterocycles. The molecule has 1 aromatic carbocycles. The second-order valence-electron chi connectivity index (χ2n) is 2.79. The predicted octanol–water partition coefficient (Wildman–Crippen LogP) is 1.55. The summed E-state index contributed by atoms with van der Waals surface area (Å²) in [7, 11) is 0. The van der Waals surface area contributed by atoms with Crippen LogP contribution in [-0.2, 0) is 4.79 Å². The normalized spacial score (nSPS) is 16.8. The summed E-state index contributed by atoms with van der Waals surface area (Å²) in [6.07, 6.45) is 1.19. The molecule has 0 saturated heterocycles. The number of hydrogen-bond donors (Lipinski definition) is 1. The molecule has 0 aliphatic carbocycles. The van der Waals surface area contributed by atoms with Gasteiger partial charge in [0, 0.05) is 17.2 Å². The van der Waals surface area contributed by atoms with Crippen LogP contribution in [0.3, 0.4) is 0 Å². The SMILES string of the molecule is O=C(O)C=C1COc2ccccc21. The van der Waals surface area contributed by atoms with E-state index in [4.69, 9.17) is 9.84 Å². The molecule has 66 valence electrons. The van der Waals surface area contributed by atoms with Crippen molar-refractivity contribution in [2.75, 3.05) is 6.61 Å². The van der Waals surface area contributed by atoms with Gasteiger partial charge in [0.25, 0.3) is 0 Å². The van der Waals surface area contributed by atoms with Gasteiger partial charge in [-0.3, -0.25) is 0 Å². The molecule has 2 rings (SSSR count). The Kier molecular flexibility index (Phi) is 1.77. The Morgan fingerprint density at radius 2 is 2.23 bits per heavy atom. The van der Waals surface area contributed by atoms with E-state index in [2.05, 4.69) is 0 Å². The molecule has 0 spiro atoms. The Balaban J connectivity index is 2.44. The van der Waals surface area contributed by atoms with Crippen molar-refractivity contribution >= 4 is 11.5 Å². The molecule has 0 bridgehead atoms. The molecule has 3 nitrogen and oxygen atoms in total. The molecule has 0 atom stereocenters.